The number of benzene rings is 2. The first-order valence-electron chi connectivity index (χ1n) is 9.46. The molecule has 142 valence electrons. The molecule has 0 spiro atoms. The van der Waals surface area contributed by atoms with Crippen LogP contribution in [0.3, 0.4) is 0 Å². The summed E-state index contributed by atoms with van der Waals surface area (Å²) >= 11 is 0. The molecule has 5 rings (SSSR count). The Hall–Kier alpha value is -3.35. The van der Waals surface area contributed by atoms with Crippen molar-refractivity contribution in [2.75, 3.05) is 13.1 Å². The van der Waals surface area contributed by atoms with E-state index in [1.165, 1.54) is 0 Å². The van der Waals surface area contributed by atoms with Gasteiger partial charge in [0.15, 0.2) is 5.58 Å². The second-order valence-electron chi connectivity index (χ2n) is 7.28. The van der Waals surface area contributed by atoms with Gasteiger partial charge >= 0.3 is 5.76 Å². The summed E-state index contributed by atoms with van der Waals surface area (Å²) in [5, 5.41) is 0. The van der Waals surface area contributed by atoms with Crippen molar-refractivity contribution in [3.05, 3.63) is 64.4 Å². The molecule has 1 amide bonds. The van der Waals surface area contributed by atoms with Gasteiger partial charge in [-0.1, -0.05) is 12.1 Å². The molecule has 28 heavy (non-hydrogen) atoms. The molecule has 1 saturated heterocycles. The highest BCUT2D eigenvalue weighted by Crippen LogP contribution is 2.26. The molecule has 3 heterocycles. The average molecular weight is 376 g/mol. The van der Waals surface area contributed by atoms with Gasteiger partial charge in [0.1, 0.15) is 5.82 Å². The van der Waals surface area contributed by atoms with Crippen LogP contribution in [0.25, 0.3) is 22.1 Å². The van der Waals surface area contributed by atoms with Crippen molar-refractivity contribution in [3.8, 4) is 0 Å². The Labute approximate surface area is 160 Å². The number of H-pyrrole nitrogens is 1. The minimum Gasteiger partial charge on any atom is -0.408 e. The van der Waals surface area contributed by atoms with Crippen LogP contribution in [0, 0.1) is 6.92 Å². The third-order valence-corrected chi connectivity index (χ3v) is 5.48. The monoisotopic (exact) mass is 376 g/mol. The summed E-state index contributed by atoms with van der Waals surface area (Å²) in [7, 11) is 0. The van der Waals surface area contributed by atoms with E-state index in [4.69, 9.17) is 4.42 Å². The number of aromatic amines is 1. The second-order valence-corrected chi connectivity index (χ2v) is 7.28. The molecular formula is C21H20N4O3. The molecule has 1 aliphatic heterocycles. The minimum atomic E-state index is -0.328. The largest absolute Gasteiger partial charge is 0.420 e. The van der Waals surface area contributed by atoms with Crippen molar-refractivity contribution in [1.82, 2.24) is 19.4 Å². The number of amides is 1. The zero-order valence-corrected chi connectivity index (χ0v) is 15.5. The number of aryl methyl sites for hydroxylation is 1. The maximum atomic E-state index is 12.9. The minimum absolute atomic E-state index is 0.0111. The van der Waals surface area contributed by atoms with Crippen LogP contribution in [0.2, 0.25) is 0 Å². The number of rotatable bonds is 2. The topological polar surface area (TPSA) is 84.1 Å². The number of aromatic nitrogens is 3. The molecule has 0 atom stereocenters. The highest BCUT2D eigenvalue weighted by atomic mass is 16.4. The first-order chi connectivity index (χ1) is 13.6. The fourth-order valence-corrected chi connectivity index (χ4v) is 4.11. The molecule has 0 radical (unpaired) electrons. The van der Waals surface area contributed by atoms with Crippen molar-refractivity contribution in [1.29, 1.82) is 0 Å². The van der Waals surface area contributed by atoms with E-state index in [0.29, 0.717) is 24.2 Å². The number of imidazole rings is 1. The van der Waals surface area contributed by atoms with E-state index in [0.717, 1.165) is 35.2 Å². The fraction of sp³-hybridized carbons (Fsp3) is 0.286. The number of carbonyl (C=O) groups is 1. The summed E-state index contributed by atoms with van der Waals surface area (Å²) < 4.78 is 7.09. The SMILES string of the molecule is Cc1nc2ccc(C(=O)N3CCC(n4c(=O)oc5ccccc54)CC3)cc2[nH]1. The normalized spacial score (nSPS) is 15.5. The summed E-state index contributed by atoms with van der Waals surface area (Å²) in [6.07, 6.45) is 1.45. The number of piperidine rings is 1. The van der Waals surface area contributed by atoms with Crippen molar-refractivity contribution >= 4 is 28.0 Å². The number of fused-ring (bicyclic) bond motifs is 2. The summed E-state index contributed by atoms with van der Waals surface area (Å²) in [5.41, 5.74) is 3.81. The Morgan fingerprint density at radius 3 is 2.79 bits per heavy atom. The molecule has 7 heteroatoms. The molecule has 0 saturated carbocycles. The number of nitrogens with one attached hydrogen (secondary N) is 1. The Kier molecular flexibility index (Phi) is 3.82. The maximum absolute atomic E-state index is 12.9. The number of hydrogen-bond acceptors (Lipinski definition) is 4. The number of para-hydroxylation sites is 2. The predicted molar refractivity (Wildman–Crippen MR) is 105 cm³/mol. The van der Waals surface area contributed by atoms with Crippen LogP contribution < -0.4 is 5.76 Å². The summed E-state index contributed by atoms with van der Waals surface area (Å²) in [6.45, 7) is 3.11. The molecule has 1 N–H and O–H groups in total. The predicted octanol–water partition coefficient (Wildman–Crippen LogP) is 3.26. The molecule has 0 aliphatic carbocycles. The standard InChI is InChI=1S/C21H20N4O3/c1-13-22-16-7-6-14(12-17(16)23-13)20(26)24-10-8-15(9-11-24)25-18-4-2-3-5-19(18)28-21(25)27/h2-7,12,15H,8-11H2,1H3,(H,22,23). The van der Waals surface area contributed by atoms with E-state index in [1.54, 1.807) is 10.6 Å². The van der Waals surface area contributed by atoms with E-state index >= 15 is 0 Å². The molecule has 1 fully saturated rings. The van der Waals surface area contributed by atoms with Crippen LogP contribution in [0.5, 0.6) is 0 Å². The van der Waals surface area contributed by atoms with Crippen molar-refractivity contribution in [2.45, 2.75) is 25.8 Å². The molecule has 1 aliphatic rings. The molecule has 2 aromatic heterocycles. The number of carbonyl (C=O) groups excluding carboxylic acids is 1. The summed E-state index contributed by atoms with van der Waals surface area (Å²) in [6, 6.07) is 13.1. The van der Waals surface area contributed by atoms with E-state index in [9.17, 15) is 9.59 Å². The zero-order valence-electron chi connectivity index (χ0n) is 15.5. The average Bonchev–Trinajstić information content (AvgIpc) is 3.24. The fourth-order valence-electron chi connectivity index (χ4n) is 4.11. The van der Waals surface area contributed by atoms with Gasteiger partial charge in [-0.25, -0.2) is 9.78 Å². The summed E-state index contributed by atoms with van der Waals surface area (Å²) in [5.74, 6) is 0.515. The molecule has 0 unspecified atom stereocenters. The molecule has 2 aromatic carbocycles. The van der Waals surface area contributed by atoms with Gasteiger partial charge in [-0.15, -0.1) is 0 Å². The van der Waals surface area contributed by atoms with E-state index < -0.39 is 0 Å². The van der Waals surface area contributed by atoms with Gasteiger partial charge in [0, 0.05) is 24.7 Å². The molecule has 0 bridgehead atoms. The van der Waals surface area contributed by atoms with E-state index in [1.807, 2.05) is 48.2 Å². The highest BCUT2D eigenvalue weighted by Gasteiger charge is 2.27. The van der Waals surface area contributed by atoms with E-state index in [2.05, 4.69) is 9.97 Å². The van der Waals surface area contributed by atoms with Crippen molar-refractivity contribution < 1.29 is 9.21 Å². The van der Waals surface area contributed by atoms with Gasteiger partial charge in [0.05, 0.1) is 16.6 Å². The van der Waals surface area contributed by atoms with Crippen LogP contribution in [-0.2, 0) is 0 Å². The zero-order chi connectivity index (χ0) is 19.3. The Morgan fingerprint density at radius 2 is 1.96 bits per heavy atom. The maximum Gasteiger partial charge on any atom is 0.420 e. The van der Waals surface area contributed by atoms with Gasteiger partial charge in [0.25, 0.3) is 5.91 Å². The first kappa shape index (κ1) is 16.8. The second kappa shape index (κ2) is 6.37. The number of oxazole rings is 1. The Morgan fingerprint density at radius 1 is 1.18 bits per heavy atom. The number of nitrogens with zero attached hydrogens (tertiary/aromatic N) is 3. The van der Waals surface area contributed by atoms with Gasteiger partial charge in [-0.2, -0.15) is 0 Å². The van der Waals surface area contributed by atoms with Gasteiger partial charge < -0.3 is 14.3 Å². The van der Waals surface area contributed by atoms with E-state index in [-0.39, 0.29) is 17.7 Å². The van der Waals surface area contributed by atoms with Gasteiger partial charge in [0.2, 0.25) is 0 Å². The van der Waals surface area contributed by atoms with Crippen LogP contribution in [0.4, 0.5) is 0 Å². The lowest BCUT2D eigenvalue weighted by molar-refractivity contribution is 0.0694. The van der Waals surface area contributed by atoms with Gasteiger partial charge in [-0.3, -0.25) is 9.36 Å². The van der Waals surface area contributed by atoms with Crippen molar-refractivity contribution in [3.63, 3.8) is 0 Å². The third kappa shape index (κ3) is 2.70. The Bertz CT molecular complexity index is 1240. The third-order valence-electron chi connectivity index (χ3n) is 5.48. The van der Waals surface area contributed by atoms with Crippen LogP contribution in [0.1, 0.15) is 35.1 Å². The summed E-state index contributed by atoms with van der Waals surface area (Å²) in [4.78, 5) is 34.6. The lowest BCUT2D eigenvalue weighted by Gasteiger charge is -2.32. The van der Waals surface area contributed by atoms with Gasteiger partial charge in [-0.05, 0) is 50.1 Å². The lowest BCUT2D eigenvalue weighted by atomic mass is 10.0. The van der Waals surface area contributed by atoms with Crippen LogP contribution >= 0.6 is 0 Å². The molecule has 7 nitrogen and oxygen atoms in total. The Balaban J connectivity index is 1.35. The highest BCUT2D eigenvalue weighted by molar-refractivity contribution is 5.97. The molecule has 4 aromatic rings. The van der Waals surface area contributed by atoms with Crippen molar-refractivity contribution in [2.24, 2.45) is 0 Å². The molecular weight excluding hydrogens is 356 g/mol. The quantitative estimate of drug-likeness (QED) is 0.582. The number of hydrogen-bond donors (Lipinski definition) is 1. The first-order valence-corrected chi connectivity index (χ1v) is 9.46. The van der Waals surface area contributed by atoms with Crippen LogP contribution in [0.15, 0.2) is 51.7 Å². The lowest BCUT2D eigenvalue weighted by Crippen LogP contribution is -2.40. The van der Waals surface area contributed by atoms with Crippen LogP contribution in [-0.4, -0.2) is 38.4 Å². The number of likely N-dealkylation sites (tertiary alicyclic amines) is 1. The smallest absolute Gasteiger partial charge is 0.408 e.